The van der Waals surface area contributed by atoms with E-state index in [1.807, 2.05) is 13.0 Å². The number of nitro benzene ring substituents is 1. The van der Waals surface area contributed by atoms with Gasteiger partial charge in [0.25, 0.3) is 5.69 Å². The van der Waals surface area contributed by atoms with Crippen LogP contribution in [-0.2, 0) is 16.0 Å². The molecule has 1 saturated carbocycles. The molecule has 6 nitrogen and oxygen atoms in total. The van der Waals surface area contributed by atoms with Crippen molar-refractivity contribution in [2.45, 2.75) is 51.9 Å². The van der Waals surface area contributed by atoms with Crippen LogP contribution >= 0.6 is 11.3 Å². The molecule has 1 aliphatic heterocycles. The predicted molar refractivity (Wildman–Crippen MR) is 118 cm³/mol. The van der Waals surface area contributed by atoms with Gasteiger partial charge in [-0.3, -0.25) is 14.9 Å². The fourth-order valence-electron chi connectivity index (χ4n) is 5.00. The maximum absolute atomic E-state index is 12.8. The minimum Gasteiger partial charge on any atom is -0.468 e. The SMILES string of the molecule is COC(=O)C1C(C)=Nc2sc(C)c(CC3CCCC3)c2C1c1cccc([N+](=O)[O-])c1. The number of nitrogens with zero attached hydrogens (tertiary/aromatic N) is 2. The molecule has 0 amide bonds. The topological polar surface area (TPSA) is 81.8 Å². The molecule has 0 bridgehead atoms. The minimum atomic E-state index is -0.583. The third-order valence-corrected chi connectivity index (χ3v) is 7.52. The maximum Gasteiger partial charge on any atom is 0.315 e. The molecule has 0 saturated heterocycles. The van der Waals surface area contributed by atoms with Gasteiger partial charge in [-0.25, -0.2) is 4.99 Å². The molecule has 2 aliphatic rings. The highest BCUT2D eigenvalue weighted by Crippen LogP contribution is 2.51. The summed E-state index contributed by atoms with van der Waals surface area (Å²) in [4.78, 5) is 29.9. The summed E-state index contributed by atoms with van der Waals surface area (Å²) in [6.45, 7) is 3.97. The zero-order chi connectivity index (χ0) is 21.4. The fraction of sp³-hybridized carbons (Fsp3) is 0.478. The van der Waals surface area contributed by atoms with Crippen molar-refractivity contribution in [3.8, 4) is 0 Å². The molecule has 4 rings (SSSR count). The van der Waals surface area contributed by atoms with E-state index in [9.17, 15) is 14.9 Å². The highest BCUT2D eigenvalue weighted by Gasteiger charge is 2.41. The Morgan fingerprint density at radius 2 is 2.03 bits per heavy atom. The number of carbonyl (C=O) groups is 1. The van der Waals surface area contributed by atoms with E-state index in [2.05, 4.69) is 6.92 Å². The van der Waals surface area contributed by atoms with E-state index in [0.29, 0.717) is 11.6 Å². The van der Waals surface area contributed by atoms with Crippen LogP contribution in [0.4, 0.5) is 10.7 Å². The standard InChI is InChI=1S/C23H26N2O4S/c1-13-19(23(26)29-3)20(16-9-6-10-17(12-16)25(27)28)21-18(11-15-7-4-5-8-15)14(2)30-22(21)24-13/h6,9-10,12,15,19-20H,4-5,7-8,11H2,1-3H3. The molecular formula is C23H26N2O4S. The molecule has 0 N–H and O–H groups in total. The zero-order valence-electron chi connectivity index (χ0n) is 17.5. The Labute approximate surface area is 180 Å². The average molecular weight is 427 g/mol. The van der Waals surface area contributed by atoms with Crippen molar-refractivity contribution in [1.82, 2.24) is 0 Å². The Morgan fingerprint density at radius 3 is 2.70 bits per heavy atom. The first kappa shape index (κ1) is 20.7. The molecule has 0 radical (unpaired) electrons. The molecule has 7 heteroatoms. The Bertz CT molecular complexity index is 1020. The number of thiophene rings is 1. The molecule has 1 fully saturated rings. The third kappa shape index (κ3) is 3.67. The molecule has 158 valence electrons. The van der Waals surface area contributed by atoms with Crippen molar-refractivity contribution < 1.29 is 14.5 Å². The van der Waals surface area contributed by atoms with Crippen molar-refractivity contribution in [1.29, 1.82) is 0 Å². The van der Waals surface area contributed by atoms with Crippen molar-refractivity contribution in [2.75, 3.05) is 7.11 Å². The third-order valence-electron chi connectivity index (χ3n) is 6.47. The number of aliphatic imine (C=N–C) groups is 1. The molecule has 1 aliphatic carbocycles. The first-order valence-electron chi connectivity index (χ1n) is 10.4. The second kappa shape index (κ2) is 8.30. The number of esters is 1. The van der Waals surface area contributed by atoms with Crippen LogP contribution in [0.3, 0.4) is 0 Å². The number of ether oxygens (including phenoxy) is 1. The van der Waals surface area contributed by atoms with Gasteiger partial charge in [0.15, 0.2) is 0 Å². The van der Waals surface area contributed by atoms with Crippen LogP contribution in [0.1, 0.15) is 60.1 Å². The van der Waals surface area contributed by atoms with Crippen LogP contribution in [0.15, 0.2) is 29.3 Å². The second-order valence-electron chi connectivity index (χ2n) is 8.29. The van der Waals surface area contributed by atoms with Gasteiger partial charge in [-0.15, -0.1) is 11.3 Å². The van der Waals surface area contributed by atoms with Crippen LogP contribution in [0.5, 0.6) is 0 Å². The van der Waals surface area contributed by atoms with Gasteiger partial charge in [0.1, 0.15) is 10.9 Å². The van der Waals surface area contributed by atoms with Crippen molar-refractivity contribution in [3.63, 3.8) is 0 Å². The number of aryl methyl sites for hydroxylation is 1. The van der Waals surface area contributed by atoms with Crippen LogP contribution in [-0.4, -0.2) is 23.7 Å². The number of rotatable bonds is 5. The molecule has 2 aromatic rings. The van der Waals surface area contributed by atoms with Crippen molar-refractivity contribution in [3.05, 3.63) is 55.9 Å². The van der Waals surface area contributed by atoms with E-state index >= 15 is 0 Å². The van der Waals surface area contributed by atoms with Crippen molar-refractivity contribution in [2.24, 2.45) is 16.8 Å². The molecule has 2 heterocycles. The summed E-state index contributed by atoms with van der Waals surface area (Å²) in [7, 11) is 1.38. The van der Waals surface area contributed by atoms with Crippen LogP contribution < -0.4 is 0 Å². The van der Waals surface area contributed by atoms with Gasteiger partial charge in [0.05, 0.1) is 12.0 Å². The zero-order valence-corrected chi connectivity index (χ0v) is 18.3. The van der Waals surface area contributed by atoms with Gasteiger partial charge < -0.3 is 4.74 Å². The van der Waals surface area contributed by atoms with Crippen LogP contribution in [0.25, 0.3) is 0 Å². The molecule has 1 aromatic heterocycles. The van der Waals surface area contributed by atoms with E-state index in [0.717, 1.165) is 22.5 Å². The predicted octanol–water partition coefficient (Wildman–Crippen LogP) is 5.72. The smallest absolute Gasteiger partial charge is 0.315 e. The quantitative estimate of drug-likeness (QED) is 0.348. The highest BCUT2D eigenvalue weighted by atomic mass is 32.1. The van der Waals surface area contributed by atoms with Crippen LogP contribution in [0.2, 0.25) is 0 Å². The summed E-state index contributed by atoms with van der Waals surface area (Å²) >= 11 is 1.66. The Morgan fingerprint density at radius 1 is 1.30 bits per heavy atom. The molecule has 2 unspecified atom stereocenters. The van der Waals surface area contributed by atoms with Crippen LogP contribution in [0, 0.1) is 28.9 Å². The van der Waals surface area contributed by atoms with E-state index < -0.39 is 5.92 Å². The summed E-state index contributed by atoms with van der Waals surface area (Å²) in [6.07, 6.45) is 5.98. The van der Waals surface area contributed by atoms with E-state index in [1.165, 1.54) is 49.3 Å². The van der Waals surface area contributed by atoms with E-state index in [4.69, 9.17) is 9.73 Å². The second-order valence-corrected chi connectivity index (χ2v) is 9.50. The number of fused-ring (bicyclic) bond motifs is 1. The normalized spacial score (nSPS) is 21.2. The summed E-state index contributed by atoms with van der Waals surface area (Å²) in [5.41, 5.74) is 3.82. The lowest BCUT2D eigenvalue weighted by Gasteiger charge is -2.30. The average Bonchev–Trinajstić information content (AvgIpc) is 3.34. The summed E-state index contributed by atoms with van der Waals surface area (Å²) in [6, 6.07) is 6.65. The molecule has 30 heavy (non-hydrogen) atoms. The van der Waals surface area contributed by atoms with Crippen molar-refractivity contribution >= 4 is 33.7 Å². The number of non-ortho nitro benzene ring substituents is 1. The summed E-state index contributed by atoms with van der Waals surface area (Å²) < 4.78 is 5.13. The monoisotopic (exact) mass is 426 g/mol. The van der Waals surface area contributed by atoms with Gasteiger partial charge in [-0.2, -0.15) is 0 Å². The largest absolute Gasteiger partial charge is 0.468 e. The fourth-order valence-corrected chi connectivity index (χ4v) is 6.16. The Kier molecular flexibility index (Phi) is 5.73. The number of hydrogen-bond donors (Lipinski definition) is 0. The Balaban J connectivity index is 1.89. The molecular weight excluding hydrogens is 400 g/mol. The van der Waals surface area contributed by atoms with Gasteiger partial charge in [0, 0.05) is 34.2 Å². The van der Waals surface area contributed by atoms with Gasteiger partial charge in [-0.1, -0.05) is 37.8 Å². The van der Waals surface area contributed by atoms with E-state index in [-0.39, 0.29) is 22.5 Å². The van der Waals surface area contributed by atoms with E-state index in [1.54, 1.807) is 23.5 Å². The summed E-state index contributed by atoms with van der Waals surface area (Å²) in [5.74, 6) is -0.613. The number of nitro groups is 1. The molecule has 0 spiro atoms. The maximum atomic E-state index is 12.8. The molecule has 2 atom stereocenters. The van der Waals surface area contributed by atoms with Gasteiger partial charge >= 0.3 is 5.97 Å². The first-order valence-corrected chi connectivity index (χ1v) is 11.2. The summed E-state index contributed by atoms with van der Waals surface area (Å²) in [5, 5.41) is 12.3. The lowest BCUT2D eigenvalue weighted by atomic mass is 9.75. The first-order chi connectivity index (χ1) is 14.4. The number of benzene rings is 1. The highest BCUT2D eigenvalue weighted by molar-refractivity contribution is 7.16. The Hall–Kier alpha value is -2.54. The number of carbonyl (C=O) groups excluding carboxylic acids is 1. The van der Waals surface area contributed by atoms with Gasteiger partial charge in [0.2, 0.25) is 0 Å². The van der Waals surface area contributed by atoms with Gasteiger partial charge in [-0.05, 0) is 37.3 Å². The number of methoxy groups -OCH3 is 1. The lowest BCUT2D eigenvalue weighted by molar-refractivity contribution is -0.384. The molecule has 1 aromatic carbocycles. The minimum absolute atomic E-state index is 0.0297. The lowest BCUT2D eigenvalue weighted by Crippen LogP contribution is -2.33. The number of hydrogen-bond acceptors (Lipinski definition) is 6.